The van der Waals surface area contributed by atoms with Gasteiger partial charge in [-0.1, -0.05) is 34.3 Å². The van der Waals surface area contributed by atoms with E-state index >= 15 is 0 Å². The van der Waals surface area contributed by atoms with E-state index in [-0.39, 0.29) is 6.10 Å². The van der Waals surface area contributed by atoms with E-state index in [1.54, 1.807) is 0 Å². The second kappa shape index (κ2) is 7.05. The first-order valence-corrected chi connectivity index (χ1v) is 9.26. The monoisotopic (exact) mass is 308 g/mol. The van der Waals surface area contributed by atoms with E-state index in [0.717, 1.165) is 30.3 Å². The zero-order valence-electron chi connectivity index (χ0n) is 15.3. The van der Waals surface area contributed by atoms with E-state index in [9.17, 15) is 5.11 Å². The van der Waals surface area contributed by atoms with Gasteiger partial charge in [0.25, 0.3) is 0 Å². The molecular formula is C20H36O2. The maximum atomic E-state index is 9.50. The van der Waals surface area contributed by atoms with Crippen molar-refractivity contribution in [1.29, 1.82) is 0 Å². The highest BCUT2D eigenvalue weighted by Crippen LogP contribution is 2.50. The average Bonchev–Trinajstić information content (AvgIpc) is 3.12. The molecule has 3 unspecified atom stereocenters. The number of aliphatic hydroxyl groups is 1. The lowest BCUT2D eigenvalue weighted by atomic mass is 9.78. The van der Waals surface area contributed by atoms with Crippen LogP contribution < -0.4 is 0 Å². The fourth-order valence-electron chi connectivity index (χ4n) is 3.99. The molecule has 0 aromatic carbocycles. The van der Waals surface area contributed by atoms with Crippen LogP contribution in [-0.2, 0) is 4.74 Å². The van der Waals surface area contributed by atoms with Crippen molar-refractivity contribution >= 4 is 0 Å². The minimum absolute atomic E-state index is 0.226. The third-order valence-corrected chi connectivity index (χ3v) is 6.28. The summed E-state index contributed by atoms with van der Waals surface area (Å²) < 4.78 is 5.65. The molecule has 0 spiro atoms. The number of hydrogen-bond donors (Lipinski definition) is 1. The summed E-state index contributed by atoms with van der Waals surface area (Å²) in [5, 5.41) is 9.50. The van der Waals surface area contributed by atoms with Crippen LogP contribution in [0.2, 0.25) is 0 Å². The van der Waals surface area contributed by atoms with Crippen molar-refractivity contribution < 1.29 is 9.84 Å². The van der Waals surface area contributed by atoms with E-state index in [1.807, 2.05) is 0 Å². The highest BCUT2D eigenvalue weighted by Gasteiger charge is 2.55. The van der Waals surface area contributed by atoms with E-state index < -0.39 is 0 Å². The van der Waals surface area contributed by atoms with Crippen molar-refractivity contribution in [3.63, 3.8) is 0 Å². The largest absolute Gasteiger partial charge is 0.389 e. The van der Waals surface area contributed by atoms with Crippen molar-refractivity contribution in [3.05, 3.63) is 12.2 Å². The Morgan fingerprint density at radius 1 is 1.09 bits per heavy atom. The summed E-state index contributed by atoms with van der Waals surface area (Å²) in [6, 6.07) is 0. The first kappa shape index (κ1) is 18.0. The summed E-state index contributed by atoms with van der Waals surface area (Å²) in [5.41, 5.74) is 1.34. The molecule has 0 radical (unpaired) electrons. The molecule has 22 heavy (non-hydrogen) atoms. The predicted molar refractivity (Wildman–Crippen MR) is 92.8 cm³/mol. The second-order valence-corrected chi connectivity index (χ2v) is 8.65. The lowest BCUT2D eigenvalue weighted by Crippen LogP contribution is -2.24. The van der Waals surface area contributed by atoms with Crippen LogP contribution in [0.5, 0.6) is 0 Å². The van der Waals surface area contributed by atoms with Gasteiger partial charge >= 0.3 is 0 Å². The SMILES string of the molecule is C=C1CC[C@@H](C(C)C)CC1O.CC(C)[C@@H]1CCC2(C)OC2C1. The van der Waals surface area contributed by atoms with Gasteiger partial charge in [-0.15, -0.1) is 0 Å². The third-order valence-electron chi connectivity index (χ3n) is 6.28. The van der Waals surface area contributed by atoms with E-state index in [2.05, 4.69) is 41.2 Å². The van der Waals surface area contributed by atoms with Crippen LogP contribution in [0, 0.1) is 23.7 Å². The lowest BCUT2D eigenvalue weighted by molar-refractivity contribution is 0.130. The summed E-state index contributed by atoms with van der Waals surface area (Å²) in [6.45, 7) is 15.2. The fourth-order valence-corrected chi connectivity index (χ4v) is 3.99. The molecule has 5 atom stereocenters. The highest BCUT2D eigenvalue weighted by molar-refractivity contribution is 5.06. The van der Waals surface area contributed by atoms with E-state index in [0.29, 0.717) is 23.5 Å². The molecule has 3 aliphatic rings. The number of hydrogen-bond acceptors (Lipinski definition) is 2. The summed E-state index contributed by atoms with van der Waals surface area (Å²) in [5.74, 6) is 3.19. The van der Waals surface area contributed by atoms with Gasteiger partial charge in [-0.3, -0.25) is 0 Å². The molecule has 0 aromatic heterocycles. The first-order valence-electron chi connectivity index (χ1n) is 9.26. The van der Waals surface area contributed by atoms with Gasteiger partial charge < -0.3 is 9.84 Å². The van der Waals surface area contributed by atoms with Gasteiger partial charge in [0.1, 0.15) is 0 Å². The molecule has 1 N–H and O–H groups in total. The number of epoxide rings is 1. The molecule has 0 aromatic rings. The van der Waals surface area contributed by atoms with Gasteiger partial charge in [-0.25, -0.2) is 0 Å². The highest BCUT2D eigenvalue weighted by atomic mass is 16.6. The van der Waals surface area contributed by atoms with Crippen LogP contribution >= 0.6 is 0 Å². The molecule has 2 aliphatic carbocycles. The summed E-state index contributed by atoms with van der Waals surface area (Å²) in [7, 11) is 0. The van der Waals surface area contributed by atoms with E-state index in [1.165, 1.54) is 25.7 Å². The standard InChI is InChI=1S/2C10H18O/c1-7(2)8-4-5-10(3)9(6-8)11-10;1-7(2)9-5-4-8(3)10(11)6-9/h7-9H,4-6H2,1-3H3;7,9-11H,3-6H2,1-2H3/t8-,9?,10?;9-,10?/m11/s1. The molecule has 1 saturated heterocycles. The Balaban J connectivity index is 0.000000160. The minimum Gasteiger partial charge on any atom is -0.389 e. The Morgan fingerprint density at radius 3 is 2.18 bits per heavy atom. The van der Waals surface area contributed by atoms with Crippen molar-refractivity contribution in [2.24, 2.45) is 23.7 Å². The van der Waals surface area contributed by atoms with Gasteiger partial charge in [0.15, 0.2) is 0 Å². The van der Waals surface area contributed by atoms with Crippen molar-refractivity contribution in [2.75, 3.05) is 0 Å². The summed E-state index contributed by atoms with van der Waals surface area (Å²) >= 11 is 0. The van der Waals surface area contributed by atoms with Gasteiger partial charge in [0.2, 0.25) is 0 Å². The van der Waals surface area contributed by atoms with Gasteiger partial charge in [-0.05, 0) is 74.7 Å². The average molecular weight is 309 g/mol. The minimum atomic E-state index is -0.226. The molecule has 0 amide bonds. The van der Waals surface area contributed by atoms with Crippen LogP contribution in [-0.4, -0.2) is 22.9 Å². The molecule has 2 heteroatoms. The molecule has 0 bridgehead atoms. The Morgan fingerprint density at radius 2 is 1.68 bits per heavy atom. The third kappa shape index (κ3) is 4.35. The summed E-state index contributed by atoms with van der Waals surface area (Å²) in [6.07, 6.45) is 7.53. The molecule has 2 saturated carbocycles. The van der Waals surface area contributed by atoms with Crippen LogP contribution in [0.1, 0.15) is 73.1 Å². The molecular weight excluding hydrogens is 272 g/mol. The van der Waals surface area contributed by atoms with Crippen LogP contribution in [0.15, 0.2) is 12.2 Å². The Bertz CT molecular complexity index is 387. The Hall–Kier alpha value is -0.340. The van der Waals surface area contributed by atoms with Gasteiger partial charge in [0.05, 0.1) is 17.8 Å². The predicted octanol–water partition coefficient (Wildman–Crippen LogP) is 4.96. The molecule has 3 rings (SSSR count). The summed E-state index contributed by atoms with van der Waals surface area (Å²) in [4.78, 5) is 0. The van der Waals surface area contributed by atoms with Crippen LogP contribution in [0.4, 0.5) is 0 Å². The number of rotatable bonds is 2. The maximum absolute atomic E-state index is 9.50. The first-order chi connectivity index (χ1) is 10.2. The lowest BCUT2D eigenvalue weighted by Gasteiger charge is -2.30. The number of ether oxygens (including phenoxy) is 1. The van der Waals surface area contributed by atoms with Crippen molar-refractivity contribution in [1.82, 2.24) is 0 Å². The molecule has 2 nitrogen and oxygen atoms in total. The second-order valence-electron chi connectivity index (χ2n) is 8.65. The fraction of sp³-hybridized carbons (Fsp3) is 0.900. The van der Waals surface area contributed by atoms with E-state index in [4.69, 9.17) is 4.74 Å². The Labute approximate surface area is 137 Å². The quantitative estimate of drug-likeness (QED) is 0.577. The maximum Gasteiger partial charge on any atom is 0.0920 e. The van der Waals surface area contributed by atoms with Gasteiger partial charge in [0, 0.05) is 0 Å². The zero-order valence-corrected chi connectivity index (χ0v) is 15.3. The molecule has 128 valence electrons. The van der Waals surface area contributed by atoms with Crippen LogP contribution in [0.25, 0.3) is 0 Å². The molecule has 3 fully saturated rings. The molecule has 1 aliphatic heterocycles. The van der Waals surface area contributed by atoms with Crippen molar-refractivity contribution in [2.45, 2.75) is 91.0 Å². The normalized spacial score (nSPS) is 41.0. The topological polar surface area (TPSA) is 32.8 Å². The zero-order chi connectivity index (χ0) is 16.5. The number of fused-ring (bicyclic) bond motifs is 1. The molecule has 1 heterocycles. The van der Waals surface area contributed by atoms with Crippen molar-refractivity contribution in [3.8, 4) is 0 Å². The Kier molecular flexibility index (Phi) is 5.77. The van der Waals surface area contributed by atoms with Gasteiger partial charge in [-0.2, -0.15) is 0 Å². The van der Waals surface area contributed by atoms with Crippen LogP contribution in [0.3, 0.4) is 0 Å². The smallest absolute Gasteiger partial charge is 0.0920 e. The number of aliphatic hydroxyl groups excluding tert-OH is 1.